The number of nitrogens with one attached hydrogen (secondary N) is 2. The van der Waals surface area contributed by atoms with Gasteiger partial charge in [-0.15, -0.1) is 0 Å². The van der Waals surface area contributed by atoms with E-state index in [1.807, 2.05) is 19.1 Å². The third kappa shape index (κ3) is 5.84. The van der Waals surface area contributed by atoms with E-state index in [1.165, 1.54) is 0 Å². The van der Waals surface area contributed by atoms with Crippen molar-refractivity contribution in [2.45, 2.75) is 37.5 Å². The molecule has 1 aliphatic heterocycles. The topological polar surface area (TPSA) is 61.4 Å². The normalized spacial score (nSPS) is 15.8. The highest BCUT2D eigenvalue weighted by molar-refractivity contribution is 7.98. The molecule has 1 aromatic carbocycles. The molecule has 1 aromatic rings. The summed E-state index contributed by atoms with van der Waals surface area (Å²) in [5.74, 6) is 1.08. The van der Waals surface area contributed by atoms with E-state index >= 15 is 0 Å². The number of thiocarbonyl (C=S) groups is 1. The van der Waals surface area contributed by atoms with Crippen LogP contribution >= 0.6 is 24.0 Å². The summed E-state index contributed by atoms with van der Waals surface area (Å²) in [4.78, 5) is 0.365. The number of benzene rings is 1. The van der Waals surface area contributed by atoms with Crippen LogP contribution in [0.5, 0.6) is 0 Å². The zero-order chi connectivity index (χ0) is 18.3. The van der Waals surface area contributed by atoms with Gasteiger partial charge in [-0.25, -0.2) is 8.42 Å². The third-order valence-electron chi connectivity index (χ3n) is 4.19. The number of anilines is 1. The lowest BCUT2D eigenvalue weighted by Crippen LogP contribution is -2.36. The molecule has 0 bridgehead atoms. The summed E-state index contributed by atoms with van der Waals surface area (Å²) in [6.45, 7) is 3.85. The third-order valence-corrected chi connectivity index (χ3v) is 7.17. The number of aryl methyl sites for hydroxylation is 1. The maximum absolute atomic E-state index is 12.9. The summed E-state index contributed by atoms with van der Waals surface area (Å²) >= 11 is 7.09. The molecule has 0 radical (unpaired) electrons. The molecule has 1 saturated heterocycles. The summed E-state index contributed by atoms with van der Waals surface area (Å²) < 4.78 is 27.5. The van der Waals surface area contributed by atoms with Gasteiger partial charge in [0, 0.05) is 25.3 Å². The minimum absolute atomic E-state index is 0.365. The molecular weight excluding hydrogens is 374 g/mol. The van der Waals surface area contributed by atoms with Crippen LogP contribution in [-0.2, 0) is 10.0 Å². The van der Waals surface area contributed by atoms with Crippen molar-refractivity contribution in [3.8, 4) is 0 Å². The summed E-state index contributed by atoms with van der Waals surface area (Å²) in [5, 5.41) is 6.76. The molecule has 0 unspecified atom stereocenters. The molecule has 5 nitrogen and oxygen atoms in total. The van der Waals surface area contributed by atoms with Crippen molar-refractivity contribution in [2.75, 3.05) is 37.0 Å². The predicted molar refractivity (Wildman–Crippen MR) is 111 cm³/mol. The average molecular weight is 402 g/mol. The molecule has 1 aliphatic rings. The van der Waals surface area contributed by atoms with Gasteiger partial charge in [-0.05, 0) is 68.1 Å². The van der Waals surface area contributed by atoms with Gasteiger partial charge in [0.25, 0.3) is 0 Å². The molecule has 2 rings (SSSR count). The van der Waals surface area contributed by atoms with Gasteiger partial charge in [-0.1, -0.05) is 12.5 Å². The molecule has 8 heteroatoms. The van der Waals surface area contributed by atoms with Crippen LogP contribution in [0.1, 0.15) is 31.2 Å². The fourth-order valence-corrected chi connectivity index (χ4v) is 5.21. The lowest BCUT2D eigenvalue weighted by molar-refractivity contribution is 0.346. The van der Waals surface area contributed by atoms with Crippen LogP contribution in [0.3, 0.4) is 0 Å². The first-order valence-corrected chi connectivity index (χ1v) is 11.8. The summed E-state index contributed by atoms with van der Waals surface area (Å²) in [6.07, 6.45) is 6.07. The van der Waals surface area contributed by atoms with E-state index in [0.29, 0.717) is 28.8 Å². The van der Waals surface area contributed by atoms with E-state index in [-0.39, 0.29) is 0 Å². The van der Waals surface area contributed by atoms with Gasteiger partial charge in [0.05, 0.1) is 4.90 Å². The van der Waals surface area contributed by atoms with Crippen LogP contribution in [0, 0.1) is 6.92 Å². The highest BCUT2D eigenvalue weighted by Crippen LogP contribution is 2.26. The first kappa shape index (κ1) is 20.5. The Bertz CT molecular complexity index is 686. The van der Waals surface area contributed by atoms with Gasteiger partial charge in [0.2, 0.25) is 10.0 Å². The second-order valence-corrected chi connectivity index (χ2v) is 9.47. The Kier molecular flexibility index (Phi) is 7.99. The zero-order valence-electron chi connectivity index (χ0n) is 14.9. The summed E-state index contributed by atoms with van der Waals surface area (Å²) in [6, 6.07) is 5.38. The molecule has 1 fully saturated rings. The number of rotatable bonds is 7. The van der Waals surface area contributed by atoms with Crippen LogP contribution in [0.25, 0.3) is 0 Å². The molecule has 0 aromatic heterocycles. The lowest BCUT2D eigenvalue weighted by atomic mass is 10.2. The summed E-state index contributed by atoms with van der Waals surface area (Å²) in [7, 11) is -3.45. The molecule has 0 spiro atoms. The molecule has 0 aliphatic carbocycles. The molecule has 1 heterocycles. The Morgan fingerprint density at radius 3 is 2.68 bits per heavy atom. The molecule has 25 heavy (non-hydrogen) atoms. The predicted octanol–water partition coefficient (Wildman–Crippen LogP) is 3.21. The Morgan fingerprint density at radius 2 is 2.00 bits per heavy atom. The summed E-state index contributed by atoms with van der Waals surface area (Å²) in [5.41, 5.74) is 1.46. The number of sulfonamides is 1. The largest absolute Gasteiger partial charge is 0.362 e. The van der Waals surface area contributed by atoms with Crippen molar-refractivity contribution in [1.82, 2.24) is 9.62 Å². The van der Waals surface area contributed by atoms with Gasteiger partial charge in [-0.3, -0.25) is 0 Å². The first-order valence-electron chi connectivity index (χ1n) is 8.60. The van der Waals surface area contributed by atoms with Crippen molar-refractivity contribution in [3.05, 3.63) is 23.8 Å². The van der Waals surface area contributed by atoms with E-state index in [4.69, 9.17) is 12.2 Å². The number of piperidine rings is 1. The van der Waals surface area contributed by atoms with E-state index in [9.17, 15) is 8.42 Å². The Morgan fingerprint density at radius 1 is 1.28 bits per heavy atom. The van der Waals surface area contributed by atoms with E-state index < -0.39 is 10.0 Å². The number of hydrogen-bond donors (Lipinski definition) is 2. The van der Waals surface area contributed by atoms with Crippen molar-refractivity contribution in [2.24, 2.45) is 0 Å². The van der Waals surface area contributed by atoms with Gasteiger partial charge in [0.15, 0.2) is 5.11 Å². The van der Waals surface area contributed by atoms with Gasteiger partial charge in [0.1, 0.15) is 0 Å². The Hall–Kier alpha value is -0.830. The molecule has 2 N–H and O–H groups in total. The average Bonchev–Trinajstić information content (AvgIpc) is 2.61. The highest BCUT2D eigenvalue weighted by Gasteiger charge is 2.27. The quantitative estimate of drug-likeness (QED) is 0.540. The van der Waals surface area contributed by atoms with E-state index in [2.05, 4.69) is 16.9 Å². The second-order valence-electron chi connectivity index (χ2n) is 6.17. The minimum Gasteiger partial charge on any atom is -0.362 e. The molecule has 0 atom stereocenters. The Balaban J connectivity index is 2.07. The zero-order valence-corrected chi connectivity index (χ0v) is 17.3. The number of thioether (sulfide) groups is 1. The molecule has 140 valence electrons. The van der Waals surface area contributed by atoms with Crippen molar-refractivity contribution >= 4 is 44.8 Å². The molecular formula is C17H27N3O2S3. The van der Waals surface area contributed by atoms with Crippen LogP contribution in [0.2, 0.25) is 0 Å². The molecule has 0 amide bonds. The van der Waals surface area contributed by atoms with Crippen LogP contribution in [-0.4, -0.2) is 49.5 Å². The van der Waals surface area contributed by atoms with E-state index in [0.717, 1.165) is 43.5 Å². The number of nitrogens with zero attached hydrogens (tertiary/aromatic N) is 1. The van der Waals surface area contributed by atoms with Crippen molar-refractivity contribution in [1.29, 1.82) is 0 Å². The van der Waals surface area contributed by atoms with E-state index in [1.54, 1.807) is 22.1 Å². The SMILES string of the molecule is CSCCCNC(=S)Nc1ccc(C)c(S(=O)(=O)N2CCCCC2)c1. The van der Waals surface area contributed by atoms with Crippen LogP contribution in [0.4, 0.5) is 5.69 Å². The van der Waals surface area contributed by atoms with Crippen molar-refractivity contribution < 1.29 is 8.42 Å². The first-order chi connectivity index (χ1) is 11.9. The minimum atomic E-state index is -3.45. The maximum Gasteiger partial charge on any atom is 0.243 e. The Labute approximate surface area is 161 Å². The van der Waals surface area contributed by atoms with Gasteiger partial charge >= 0.3 is 0 Å². The monoisotopic (exact) mass is 401 g/mol. The van der Waals surface area contributed by atoms with Crippen LogP contribution < -0.4 is 10.6 Å². The maximum atomic E-state index is 12.9. The van der Waals surface area contributed by atoms with Crippen molar-refractivity contribution in [3.63, 3.8) is 0 Å². The van der Waals surface area contributed by atoms with Gasteiger partial charge < -0.3 is 10.6 Å². The second kappa shape index (κ2) is 9.75. The fraction of sp³-hybridized carbons (Fsp3) is 0.588. The molecule has 0 saturated carbocycles. The standard InChI is InChI=1S/C17H27N3O2S3/c1-14-7-8-15(19-17(23)18-9-6-12-24-2)13-16(14)25(21,22)20-10-4-3-5-11-20/h7-8,13H,3-6,9-12H2,1-2H3,(H2,18,19,23). The highest BCUT2D eigenvalue weighted by atomic mass is 32.2. The number of hydrogen-bond acceptors (Lipinski definition) is 4. The van der Waals surface area contributed by atoms with Gasteiger partial charge in [-0.2, -0.15) is 16.1 Å². The lowest BCUT2D eigenvalue weighted by Gasteiger charge is -2.26. The van der Waals surface area contributed by atoms with Crippen LogP contribution in [0.15, 0.2) is 23.1 Å². The fourth-order valence-electron chi connectivity index (χ4n) is 2.79. The smallest absolute Gasteiger partial charge is 0.243 e.